The van der Waals surface area contributed by atoms with Crippen LogP contribution in [0.15, 0.2) is 18.2 Å². The number of likely N-dealkylation sites (N-methyl/N-ethyl adjacent to an activating group) is 1. The molecule has 0 saturated heterocycles. The number of hydrogen-bond acceptors (Lipinski definition) is 8. The maximum atomic E-state index is 13.7. The molecule has 0 aliphatic carbocycles. The highest BCUT2D eigenvalue weighted by molar-refractivity contribution is 5.98. The van der Waals surface area contributed by atoms with Crippen LogP contribution in [0.2, 0.25) is 0 Å². The summed E-state index contributed by atoms with van der Waals surface area (Å²) < 4.78 is 32.8. The molecule has 0 aromatic heterocycles. The monoisotopic (exact) mass is 429 g/mol. The van der Waals surface area contributed by atoms with Gasteiger partial charge in [0.05, 0.1) is 40.5 Å². The van der Waals surface area contributed by atoms with E-state index in [2.05, 4.69) is 0 Å². The van der Waals surface area contributed by atoms with Crippen LogP contribution in [0.4, 0.5) is 0 Å². The lowest BCUT2D eigenvalue weighted by atomic mass is 9.85. The fraction of sp³-hybridized carbons (Fsp3) is 0.409. The van der Waals surface area contributed by atoms with E-state index in [1.807, 2.05) is 6.07 Å². The number of esters is 1. The van der Waals surface area contributed by atoms with Crippen LogP contribution in [0, 0.1) is 5.21 Å². The van der Waals surface area contributed by atoms with E-state index >= 15 is 0 Å². The maximum absolute atomic E-state index is 13.7. The maximum Gasteiger partial charge on any atom is 0.343 e. The van der Waals surface area contributed by atoms with E-state index in [9.17, 15) is 10.0 Å². The Bertz CT molecular complexity index is 1080. The second-order valence-corrected chi connectivity index (χ2v) is 7.90. The minimum Gasteiger partial charge on any atom is -0.632 e. The lowest BCUT2D eigenvalue weighted by molar-refractivity contribution is -0.899. The number of hydroxylamine groups is 3. The standard InChI is InChI=1S/C22H23NO8/c1-23(25)8-7-11-9-14-20(30-10-29-14)21(28-4)15(11)17(23)18-12-5-6-13(26-2)19(27-3)16(12)22(24)31-18/h5-6,9,17-18H,7-8,10H2,1-4H3/t17-,18?,23?/m1/s1. The summed E-state index contributed by atoms with van der Waals surface area (Å²) in [7, 11) is 6.08. The zero-order valence-corrected chi connectivity index (χ0v) is 17.7. The number of quaternary nitrogens is 1. The first kappa shape index (κ1) is 19.8. The first-order chi connectivity index (χ1) is 14.9. The van der Waals surface area contributed by atoms with Gasteiger partial charge in [-0.1, -0.05) is 6.07 Å². The van der Waals surface area contributed by atoms with Crippen LogP contribution in [0.25, 0.3) is 0 Å². The summed E-state index contributed by atoms with van der Waals surface area (Å²) in [5.41, 5.74) is 2.46. The summed E-state index contributed by atoms with van der Waals surface area (Å²) >= 11 is 0. The van der Waals surface area contributed by atoms with Crippen LogP contribution in [0.5, 0.6) is 28.7 Å². The highest BCUT2D eigenvalue weighted by atomic mass is 16.7. The minimum absolute atomic E-state index is 0.0843. The number of fused-ring (bicyclic) bond motifs is 3. The van der Waals surface area contributed by atoms with Crippen molar-refractivity contribution in [2.75, 3.05) is 41.7 Å². The Hall–Kier alpha value is -3.17. The van der Waals surface area contributed by atoms with Crippen LogP contribution >= 0.6 is 0 Å². The van der Waals surface area contributed by atoms with Crippen molar-refractivity contribution in [1.29, 1.82) is 0 Å². The smallest absolute Gasteiger partial charge is 0.343 e. The Labute approximate surface area is 179 Å². The molecule has 0 spiro atoms. The van der Waals surface area contributed by atoms with Gasteiger partial charge in [0, 0.05) is 12.0 Å². The quantitative estimate of drug-likeness (QED) is 0.416. The normalized spacial score (nSPS) is 25.5. The number of ether oxygens (including phenoxy) is 6. The van der Waals surface area contributed by atoms with Gasteiger partial charge in [-0.25, -0.2) is 4.79 Å². The number of carbonyl (C=O) groups excluding carboxylic acids is 1. The molecule has 3 atom stereocenters. The molecule has 164 valence electrons. The van der Waals surface area contributed by atoms with Gasteiger partial charge in [0.1, 0.15) is 5.56 Å². The fourth-order valence-electron chi connectivity index (χ4n) is 4.87. The molecule has 2 aromatic carbocycles. The van der Waals surface area contributed by atoms with Gasteiger partial charge in [-0.15, -0.1) is 0 Å². The molecular weight excluding hydrogens is 406 g/mol. The van der Waals surface area contributed by atoms with Gasteiger partial charge in [-0.3, -0.25) is 0 Å². The van der Waals surface area contributed by atoms with E-state index in [0.29, 0.717) is 52.8 Å². The van der Waals surface area contributed by atoms with Crippen LogP contribution in [-0.2, 0) is 11.2 Å². The summed E-state index contributed by atoms with van der Waals surface area (Å²) in [6, 6.07) is 4.59. The average Bonchev–Trinajstić information content (AvgIpc) is 3.35. The van der Waals surface area contributed by atoms with Crippen LogP contribution in [0.3, 0.4) is 0 Å². The molecule has 2 unspecified atom stereocenters. The number of benzene rings is 2. The van der Waals surface area contributed by atoms with Gasteiger partial charge >= 0.3 is 5.97 Å². The van der Waals surface area contributed by atoms with Crippen molar-refractivity contribution in [2.45, 2.75) is 18.6 Å². The topological polar surface area (TPSA) is 95.5 Å². The van der Waals surface area contributed by atoms with Gasteiger partial charge in [0.2, 0.25) is 12.5 Å². The summed E-state index contributed by atoms with van der Waals surface area (Å²) in [5.74, 6) is 1.66. The number of hydrogen-bond donors (Lipinski definition) is 0. The molecule has 9 heteroatoms. The molecule has 0 bridgehead atoms. The fourth-order valence-corrected chi connectivity index (χ4v) is 4.87. The van der Waals surface area contributed by atoms with Crippen LogP contribution in [-0.4, -0.2) is 52.3 Å². The van der Waals surface area contributed by atoms with Gasteiger partial charge < -0.3 is 38.3 Å². The SMILES string of the molecule is COc1ccc2c(c1OC)C(=O)OC2[C@H]1c2c(cc3c(c2OC)OCO3)CC[N+]1(C)[O-]. The molecule has 0 saturated carbocycles. The van der Waals surface area contributed by atoms with Crippen LogP contribution in [0.1, 0.15) is 39.2 Å². The van der Waals surface area contributed by atoms with E-state index in [0.717, 1.165) is 5.56 Å². The molecule has 0 N–H and O–H groups in total. The third-order valence-corrected chi connectivity index (χ3v) is 6.27. The number of methoxy groups -OCH3 is 3. The van der Waals surface area contributed by atoms with Gasteiger partial charge in [0.15, 0.2) is 35.1 Å². The van der Waals surface area contributed by atoms with E-state index in [4.69, 9.17) is 28.4 Å². The third-order valence-electron chi connectivity index (χ3n) is 6.27. The zero-order chi connectivity index (χ0) is 21.9. The van der Waals surface area contributed by atoms with Crippen molar-refractivity contribution < 1.29 is 37.9 Å². The Balaban J connectivity index is 1.72. The molecular formula is C22H23NO8. The Morgan fingerprint density at radius 3 is 2.58 bits per heavy atom. The zero-order valence-electron chi connectivity index (χ0n) is 17.7. The van der Waals surface area contributed by atoms with E-state index in [1.54, 1.807) is 19.2 Å². The number of cyclic esters (lactones) is 1. The summed E-state index contributed by atoms with van der Waals surface area (Å²) in [6.45, 7) is 0.401. The molecule has 0 fully saturated rings. The summed E-state index contributed by atoms with van der Waals surface area (Å²) in [4.78, 5) is 12.9. The largest absolute Gasteiger partial charge is 0.632 e. The van der Waals surface area contributed by atoms with Crippen molar-refractivity contribution in [1.82, 2.24) is 0 Å². The lowest BCUT2D eigenvalue weighted by Crippen LogP contribution is -2.48. The average molecular weight is 429 g/mol. The molecule has 3 aliphatic rings. The predicted octanol–water partition coefficient (Wildman–Crippen LogP) is 2.89. The Morgan fingerprint density at radius 1 is 1.10 bits per heavy atom. The van der Waals surface area contributed by atoms with Crippen molar-refractivity contribution in [2.24, 2.45) is 0 Å². The number of rotatable bonds is 4. The molecule has 3 aliphatic heterocycles. The van der Waals surface area contributed by atoms with E-state index in [1.165, 1.54) is 21.3 Å². The number of carbonyl (C=O) groups is 1. The van der Waals surface area contributed by atoms with Gasteiger partial charge in [-0.2, -0.15) is 0 Å². The molecule has 9 nitrogen and oxygen atoms in total. The van der Waals surface area contributed by atoms with Gasteiger partial charge in [-0.05, 0) is 17.7 Å². The highest BCUT2D eigenvalue weighted by Crippen LogP contribution is 2.56. The van der Waals surface area contributed by atoms with E-state index in [-0.39, 0.29) is 12.4 Å². The highest BCUT2D eigenvalue weighted by Gasteiger charge is 2.50. The second kappa shape index (κ2) is 6.93. The van der Waals surface area contributed by atoms with Crippen molar-refractivity contribution in [3.63, 3.8) is 0 Å². The summed E-state index contributed by atoms with van der Waals surface area (Å²) in [6.07, 6.45) is -0.281. The molecule has 0 radical (unpaired) electrons. The molecule has 0 amide bonds. The lowest BCUT2D eigenvalue weighted by Gasteiger charge is -2.50. The minimum atomic E-state index is -0.821. The van der Waals surface area contributed by atoms with E-state index < -0.39 is 22.8 Å². The third kappa shape index (κ3) is 2.73. The molecule has 3 heterocycles. The van der Waals surface area contributed by atoms with Crippen LogP contribution < -0.4 is 23.7 Å². The van der Waals surface area contributed by atoms with Gasteiger partial charge in [0.25, 0.3) is 0 Å². The van der Waals surface area contributed by atoms with Crippen molar-refractivity contribution >= 4 is 5.97 Å². The summed E-state index contributed by atoms with van der Waals surface area (Å²) in [5, 5.41) is 13.7. The second-order valence-electron chi connectivity index (χ2n) is 7.90. The first-order valence-corrected chi connectivity index (χ1v) is 9.92. The molecule has 31 heavy (non-hydrogen) atoms. The van der Waals surface area contributed by atoms with Crippen molar-refractivity contribution in [3.8, 4) is 28.7 Å². The van der Waals surface area contributed by atoms with Crippen molar-refractivity contribution in [3.05, 3.63) is 45.7 Å². The number of nitrogens with zero attached hydrogens (tertiary/aromatic N) is 1. The first-order valence-electron chi connectivity index (χ1n) is 9.92. The Kier molecular flexibility index (Phi) is 4.42. The predicted molar refractivity (Wildman–Crippen MR) is 108 cm³/mol. The Morgan fingerprint density at radius 2 is 1.87 bits per heavy atom. The molecule has 5 rings (SSSR count). The molecule has 2 aromatic rings.